The molecule has 0 radical (unpaired) electrons. The topological polar surface area (TPSA) is 81.5 Å². The van der Waals surface area contributed by atoms with Crippen LogP contribution in [-0.2, 0) is 21.1 Å². The molecule has 184 valence electrons. The van der Waals surface area contributed by atoms with Gasteiger partial charge in [-0.05, 0) is 25.5 Å². The number of rotatable bonds is 9. The van der Waals surface area contributed by atoms with Gasteiger partial charge >= 0.3 is 6.36 Å². The maximum Gasteiger partial charge on any atom is 0.573 e. The molecule has 0 aliphatic rings. The number of likely N-dealkylation sites (N-methyl/N-ethyl adjacent to an activating group) is 1. The van der Waals surface area contributed by atoms with Crippen molar-refractivity contribution in [1.29, 1.82) is 0 Å². The first-order valence-electron chi connectivity index (χ1n) is 9.76. The third kappa shape index (κ3) is 6.65. The number of hydrogen-bond donors (Lipinski definition) is 1. The fourth-order valence-electron chi connectivity index (χ4n) is 3.10. The van der Waals surface area contributed by atoms with Crippen molar-refractivity contribution < 1.29 is 41.2 Å². The molecule has 2 aromatic rings. The lowest BCUT2D eigenvalue weighted by Crippen LogP contribution is -2.29. The van der Waals surface area contributed by atoms with Crippen LogP contribution >= 0.6 is 0 Å². The molecule has 1 amide bonds. The molecule has 0 aliphatic carbocycles. The van der Waals surface area contributed by atoms with Crippen LogP contribution in [0.4, 0.5) is 22.0 Å². The molecule has 0 heterocycles. The maximum absolute atomic E-state index is 13.5. The highest BCUT2D eigenvalue weighted by atomic mass is 19.4. The van der Waals surface area contributed by atoms with Crippen LogP contribution in [0.1, 0.15) is 41.2 Å². The summed E-state index contributed by atoms with van der Waals surface area (Å²) < 4.78 is 69.2. The van der Waals surface area contributed by atoms with Gasteiger partial charge in [-0.25, -0.2) is 8.78 Å². The highest BCUT2D eigenvalue weighted by molar-refractivity contribution is 6.45. The second-order valence-electron chi connectivity index (χ2n) is 6.82. The molecule has 7 nitrogen and oxygen atoms in total. The lowest BCUT2D eigenvalue weighted by molar-refractivity contribution is -0.274. The van der Waals surface area contributed by atoms with Crippen molar-refractivity contribution in [2.45, 2.75) is 33.2 Å². The fourth-order valence-corrected chi connectivity index (χ4v) is 3.10. The van der Waals surface area contributed by atoms with Crippen molar-refractivity contribution in [2.24, 2.45) is 10.3 Å². The molecule has 0 saturated heterocycles. The molecule has 2 rings (SSSR count). The van der Waals surface area contributed by atoms with Crippen molar-refractivity contribution in [3.63, 3.8) is 0 Å². The number of ether oxygens (including phenoxy) is 1. The standard InChI is InChI=1S/C22H22F5N3O4/c1-12-7-5-8-14(19(30-32-4)21(31)28-3)16(12)11-33-29-13(2)18-15(20(23)24)9-6-10-17(18)34-22(25,26)27/h5-10,20H,11H2,1-4H3,(H,28,31)/b29-13+,30-19+. The lowest BCUT2D eigenvalue weighted by atomic mass is 9.98. The second kappa shape index (κ2) is 11.4. The Morgan fingerprint density at radius 1 is 1.12 bits per heavy atom. The van der Waals surface area contributed by atoms with Crippen molar-refractivity contribution >= 4 is 17.3 Å². The van der Waals surface area contributed by atoms with Gasteiger partial charge in [-0.15, -0.1) is 13.2 Å². The van der Waals surface area contributed by atoms with E-state index in [0.717, 1.165) is 18.2 Å². The van der Waals surface area contributed by atoms with Crippen LogP contribution in [0.5, 0.6) is 5.75 Å². The van der Waals surface area contributed by atoms with Crippen molar-refractivity contribution in [3.05, 3.63) is 64.2 Å². The van der Waals surface area contributed by atoms with Gasteiger partial charge in [-0.2, -0.15) is 0 Å². The zero-order valence-corrected chi connectivity index (χ0v) is 18.7. The quantitative estimate of drug-likeness (QED) is 0.311. The largest absolute Gasteiger partial charge is 0.573 e. The van der Waals surface area contributed by atoms with E-state index in [9.17, 15) is 26.7 Å². The van der Waals surface area contributed by atoms with Crippen molar-refractivity contribution in [1.82, 2.24) is 5.32 Å². The highest BCUT2D eigenvalue weighted by Crippen LogP contribution is 2.34. The van der Waals surface area contributed by atoms with E-state index in [0.29, 0.717) is 16.7 Å². The molecule has 2 aromatic carbocycles. The summed E-state index contributed by atoms with van der Waals surface area (Å²) in [6.45, 7) is 2.70. The summed E-state index contributed by atoms with van der Waals surface area (Å²) in [6, 6.07) is 7.90. The average Bonchev–Trinajstić information content (AvgIpc) is 2.76. The predicted octanol–water partition coefficient (Wildman–Crippen LogP) is 4.87. The normalized spacial score (nSPS) is 12.5. The zero-order valence-electron chi connectivity index (χ0n) is 18.7. The van der Waals surface area contributed by atoms with Gasteiger partial charge in [0.25, 0.3) is 12.3 Å². The molecular weight excluding hydrogens is 465 g/mol. The number of amides is 1. The number of nitrogens with zero attached hydrogens (tertiary/aromatic N) is 2. The summed E-state index contributed by atoms with van der Waals surface area (Å²) in [4.78, 5) is 22.3. The molecule has 34 heavy (non-hydrogen) atoms. The van der Waals surface area contributed by atoms with Gasteiger partial charge in [-0.3, -0.25) is 4.79 Å². The van der Waals surface area contributed by atoms with E-state index in [1.807, 2.05) is 0 Å². The van der Waals surface area contributed by atoms with Gasteiger partial charge in [0, 0.05) is 23.7 Å². The van der Waals surface area contributed by atoms with E-state index in [4.69, 9.17) is 9.68 Å². The summed E-state index contributed by atoms with van der Waals surface area (Å²) in [5.41, 5.74) is -0.00830. The Bertz CT molecular complexity index is 1080. The molecule has 0 fully saturated rings. The number of benzene rings is 2. The predicted molar refractivity (Wildman–Crippen MR) is 114 cm³/mol. The summed E-state index contributed by atoms with van der Waals surface area (Å²) >= 11 is 0. The van der Waals surface area contributed by atoms with Crippen LogP contribution < -0.4 is 10.1 Å². The van der Waals surface area contributed by atoms with Crippen LogP contribution in [-0.4, -0.2) is 37.9 Å². The van der Waals surface area contributed by atoms with Gasteiger partial charge in [0.2, 0.25) is 0 Å². The minimum atomic E-state index is -5.09. The van der Waals surface area contributed by atoms with Gasteiger partial charge in [0.05, 0.1) is 11.3 Å². The molecule has 0 aliphatic heterocycles. The SMILES string of the molecule is CNC(=O)/C(=N/OC)c1cccc(C)c1CO/N=C(\C)c1c(OC(F)(F)F)cccc1C(F)F. The maximum atomic E-state index is 13.5. The van der Waals surface area contributed by atoms with Crippen molar-refractivity contribution in [3.8, 4) is 5.75 Å². The minimum absolute atomic E-state index is 0.0445. The zero-order chi connectivity index (χ0) is 25.5. The van der Waals surface area contributed by atoms with E-state index in [-0.39, 0.29) is 18.0 Å². The third-order valence-corrected chi connectivity index (χ3v) is 4.58. The Kier molecular flexibility index (Phi) is 8.93. The smallest absolute Gasteiger partial charge is 0.405 e. The average molecular weight is 487 g/mol. The minimum Gasteiger partial charge on any atom is -0.405 e. The third-order valence-electron chi connectivity index (χ3n) is 4.58. The number of carbonyl (C=O) groups excluding carboxylic acids is 1. The summed E-state index contributed by atoms with van der Waals surface area (Å²) in [5, 5.41) is 9.92. The Labute approximate surface area is 192 Å². The first-order chi connectivity index (χ1) is 16.0. The number of carbonyl (C=O) groups is 1. The van der Waals surface area contributed by atoms with E-state index in [1.165, 1.54) is 21.1 Å². The number of oxime groups is 2. The molecule has 0 unspecified atom stereocenters. The van der Waals surface area contributed by atoms with Crippen LogP contribution in [0, 0.1) is 6.92 Å². The summed E-state index contributed by atoms with van der Waals surface area (Å²) in [7, 11) is 2.68. The molecular formula is C22H22F5N3O4. The van der Waals surface area contributed by atoms with Crippen molar-refractivity contribution in [2.75, 3.05) is 14.2 Å². The van der Waals surface area contributed by atoms with E-state index < -0.39 is 35.6 Å². The number of alkyl halides is 5. The van der Waals surface area contributed by atoms with Crippen LogP contribution in [0.3, 0.4) is 0 Å². The first kappa shape index (κ1) is 26.6. The number of aryl methyl sites for hydroxylation is 1. The molecule has 0 spiro atoms. The van der Waals surface area contributed by atoms with Crippen LogP contribution in [0.25, 0.3) is 0 Å². The lowest BCUT2D eigenvalue weighted by Gasteiger charge is -2.16. The van der Waals surface area contributed by atoms with E-state index >= 15 is 0 Å². The number of halogens is 5. The monoisotopic (exact) mass is 487 g/mol. The van der Waals surface area contributed by atoms with E-state index in [2.05, 4.69) is 20.4 Å². The molecule has 0 saturated carbocycles. The molecule has 12 heteroatoms. The summed E-state index contributed by atoms with van der Waals surface area (Å²) in [6.07, 6.45) is -8.18. The Hall–Kier alpha value is -3.70. The first-order valence-corrected chi connectivity index (χ1v) is 9.76. The fraction of sp³-hybridized carbons (Fsp3) is 0.318. The Morgan fingerprint density at radius 2 is 1.79 bits per heavy atom. The van der Waals surface area contributed by atoms with Gasteiger partial charge in [-0.1, -0.05) is 40.6 Å². The number of hydrogen-bond acceptors (Lipinski definition) is 6. The highest BCUT2D eigenvalue weighted by Gasteiger charge is 2.33. The molecule has 0 bridgehead atoms. The second-order valence-corrected chi connectivity index (χ2v) is 6.82. The van der Waals surface area contributed by atoms with Gasteiger partial charge < -0.3 is 19.7 Å². The van der Waals surface area contributed by atoms with E-state index in [1.54, 1.807) is 25.1 Å². The Balaban J connectivity index is 2.43. The Morgan fingerprint density at radius 3 is 2.38 bits per heavy atom. The number of nitrogens with one attached hydrogen (secondary N) is 1. The van der Waals surface area contributed by atoms with Gasteiger partial charge in [0.1, 0.15) is 19.5 Å². The summed E-state index contributed by atoms with van der Waals surface area (Å²) in [5.74, 6) is -1.37. The van der Waals surface area contributed by atoms with Gasteiger partial charge in [0.15, 0.2) is 5.71 Å². The van der Waals surface area contributed by atoms with Crippen LogP contribution in [0.2, 0.25) is 0 Å². The van der Waals surface area contributed by atoms with Crippen LogP contribution in [0.15, 0.2) is 46.7 Å². The molecule has 0 atom stereocenters. The molecule has 1 N–H and O–H groups in total. The molecule has 0 aromatic heterocycles.